The van der Waals surface area contributed by atoms with Gasteiger partial charge in [-0.3, -0.25) is 9.69 Å². The molecule has 0 unspecified atom stereocenters. The van der Waals surface area contributed by atoms with Crippen LogP contribution in [0.1, 0.15) is 33.9 Å². The Labute approximate surface area is 245 Å². The summed E-state index contributed by atoms with van der Waals surface area (Å²) in [7, 11) is 9.74. The first-order valence-corrected chi connectivity index (χ1v) is 13.4. The molecule has 0 saturated carbocycles. The number of fused-ring (bicyclic) bond motifs is 3. The molecule has 0 spiro atoms. The highest BCUT2D eigenvalue weighted by molar-refractivity contribution is 5.89. The second kappa shape index (κ2) is 13.8. The van der Waals surface area contributed by atoms with Gasteiger partial charge in [-0.05, 0) is 79.0 Å². The van der Waals surface area contributed by atoms with Crippen molar-refractivity contribution in [2.45, 2.75) is 18.9 Å². The normalized spacial score (nSPS) is 13.5. The minimum Gasteiger partial charge on any atom is -0.497 e. The number of methoxy groups -OCH3 is 5. The van der Waals surface area contributed by atoms with Crippen molar-refractivity contribution in [1.82, 2.24) is 4.90 Å². The van der Waals surface area contributed by atoms with E-state index in [1.165, 1.54) is 7.11 Å². The van der Waals surface area contributed by atoms with Crippen LogP contribution in [0.25, 0.3) is 11.1 Å². The fraction of sp³-hybridized carbons (Fsp3) is 0.333. The van der Waals surface area contributed by atoms with E-state index in [0.29, 0.717) is 47.9 Å². The van der Waals surface area contributed by atoms with Gasteiger partial charge in [-0.25, -0.2) is 4.79 Å². The Balaban J connectivity index is 1.63. The number of rotatable bonds is 9. The van der Waals surface area contributed by atoms with Crippen LogP contribution in [0.15, 0.2) is 53.3 Å². The zero-order valence-electron chi connectivity index (χ0n) is 24.7. The molecule has 3 aromatic carbocycles. The van der Waals surface area contributed by atoms with Gasteiger partial charge in [0.25, 0.3) is 0 Å². The lowest BCUT2D eigenvalue weighted by Crippen LogP contribution is -2.26. The van der Waals surface area contributed by atoms with Gasteiger partial charge in [0.1, 0.15) is 5.75 Å². The average Bonchev–Trinajstić information content (AvgIpc) is 3.27. The van der Waals surface area contributed by atoms with Crippen LogP contribution < -0.4 is 29.1 Å². The van der Waals surface area contributed by atoms with E-state index >= 15 is 0 Å². The number of carbonyl (C=O) groups excluding carboxylic acids is 1. The highest BCUT2D eigenvalue weighted by Gasteiger charge is 2.30. The van der Waals surface area contributed by atoms with E-state index in [2.05, 4.69) is 16.7 Å². The van der Waals surface area contributed by atoms with Crippen LogP contribution in [0.5, 0.6) is 28.7 Å². The summed E-state index contributed by atoms with van der Waals surface area (Å²) in [5, 5.41) is 0. The Bertz CT molecular complexity index is 1560. The first-order chi connectivity index (χ1) is 20.4. The number of hydrogen-bond donors (Lipinski definition) is 0. The third-order valence-corrected chi connectivity index (χ3v) is 7.28. The molecule has 4 rings (SSSR count). The molecular weight excluding hydrogens is 538 g/mol. The largest absolute Gasteiger partial charge is 0.497 e. The number of nitrogens with zero attached hydrogens (tertiary/aromatic N) is 1. The summed E-state index contributed by atoms with van der Waals surface area (Å²) >= 11 is 0. The van der Waals surface area contributed by atoms with Crippen LogP contribution in [0.3, 0.4) is 0 Å². The lowest BCUT2D eigenvalue weighted by atomic mass is 9.95. The van der Waals surface area contributed by atoms with E-state index < -0.39 is 5.97 Å². The minimum absolute atomic E-state index is 0.0426. The van der Waals surface area contributed by atoms with Crippen molar-refractivity contribution in [1.29, 1.82) is 0 Å². The molecule has 42 heavy (non-hydrogen) atoms. The molecule has 1 aliphatic rings. The zero-order chi connectivity index (χ0) is 30.2. The third-order valence-electron chi connectivity index (χ3n) is 7.28. The Morgan fingerprint density at radius 1 is 0.857 bits per heavy atom. The maximum atomic E-state index is 13.1. The van der Waals surface area contributed by atoms with Crippen molar-refractivity contribution >= 4 is 5.97 Å². The van der Waals surface area contributed by atoms with Gasteiger partial charge in [0, 0.05) is 11.6 Å². The van der Waals surface area contributed by atoms with Crippen LogP contribution in [0, 0.1) is 11.8 Å². The smallest absolute Gasteiger partial charge is 0.339 e. The van der Waals surface area contributed by atoms with Crippen molar-refractivity contribution in [3.63, 3.8) is 0 Å². The molecule has 0 aromatic heterocycles. The fourth-order valence-corrected chi connectivity index (χ4v) is 5.16. The second-order valence-corrected chi connectivity index (χ2v) is 9.59. The summed E-state index contributed by atoms with van der Waals surface area (Å²) in [6.45, 7) is 0.341. The van der Waals surface area contributed by atoms with E-state index in [-0.39, 0.29) is 23.8 Å². The number of aryl methyl sites for hydroxylation is 1. The van der Waals surface area contributed by atoms with Crippen molar-refractivity contribution < 1.29 is 33.2 Å². The standard InChI is InChI=1S/C33H35NO8/c1-34(17-7-8-18-42-33(36)21-9-12-23(37-2)13-10-21)26-15-11-22-19-29(39-4)31(40-5)32(41-6)30(22)24-14-16-28(38-3)27(35)20-25(24)26/h9-10,12-14,16,19-20,26H,11,15,17-18H2,1-6H3/t26-/m1/s1. The summed E-state index contributed by atoms with van der Waals surface area (Å²) < 4.78 is 32.9. The molecule has 0 saturated heterocycles. The predicted octanol–water partition coefficient (Wildman–Crippen LogP) is 4.54. The molecule has 0 N–H and O–H groups in total. The Morgan fingerprint density at radius 2 is 1.57 bits per heavy atom. The number of ether oxygens (including phenoxy) is 6. The summed E-state index contributed by atoms with van der Waals surface area (Å²) in [5.74, 6) is 8.04. The SMILES string of the molecule is COc1ccc(C(=O)OCC#CCN(C)[C@@H]2CCc3cc(OC)c(OC)c(OC)c3-c3ccc(OC)c(=O)cc32)cc1. The lowest BCUT2D eigenvalue weighted by molar-refractivity contribution is 0.0556. The Hall–Kier alpha value is -4.68. The van der Waals surface area contributed by atoms with Gasteiger partial charge in [-0.2, -0.15) is 0 Å². The monoisotopic (exact) mass is 573 g/mol. The molecule has 0 fully saturated rings. The highest BCUT2D eigenvalue weighted by atomic mass is 16.5. The number of hydrogen-bond acceptors (Lipinski definition) is 9. The topological polar surface area (TPSA) is 92.8 Å². The Morgan fingerprint density at radius 3 is 2.21 bits per heavy atom. The van der Waals surface area contributed by atoms with E-state index in [0.717, 1.165) is 22.3 Å². The van der Waals surface area contributed by atoms with Gasteiger partial charge in [0.05, 0.1) is 47.7 Å². The van der Waals surface area contributed by atoms with Crippen molar-refractivity contribution in [2.75, 3.05) is 55.7 Å². The Kier molecular flexibility index (Phi) is 9.94. The van der Waals surface area contributed by atoms with Crippen molar-refractivity contribution in [3.8, 4) is 51.7 Å². The molecule has 9 heteroatoms. The number of carbonyl (C=O) groups is 1. The molecule has 0 bridgehead atoms. The van der Waals surface area contributed by atoms with Gasteiger partial charge >= 0.3 is 5.97 Å². The fourth-order valence-electron chi connectivity index (χ4n) is 5.16. The molecule has 0 aliphatic heterocycles. The van der Waals surface area contributed by atoms with Gasteiger partial charge in [-0.15, -0.1) is 0 Å². The first-order valence-electron chi connectivity index (χ1n) is 13.4. The van der Waals surface area contributed by atoms with E-state index in [1.807, 2.05) is 19.2 Å². The summed E-state index contributed by atoms with van der Waals surface area (Å²) in [5.41, 5.74) is 3.70. The van der Waals surface area contributed by atoms with Crippen LogP contribution in [-0.2, 0) is 11.2 Å². The van der Waals surface area contributed by atoms with Crippen molar-refractivity contribution in [3.05, 3.63) is 75.4 Å². The van der Waals surface area contributed by atoms with Crippen LogP contribution in [-0.4, -0.2) is 66.6 Å². The maximum Gasteiger partial charge on any atom is 0.339 e. The molecule has 3 aromatic rings. The van der Waals surface area contributed by atoms with E-state index in [4.69, 9.17) is 28.4 Å². The van der Waals surface area contributed by atoms with Crippen LogP contribution >= 0.6 is 0 Å². The second-order valence-electron chi connectivity index (χ2n) is 9.59. The molecule has 9 nitrogen and oxygen atoms in total. The average molecular weight is 574 g/mol. The molecule has 0 radical (unpaired) electrons. The predicted molar refractivity (Wildman–Crippen MR) is 159 cm³/mol. The molecule has 1 atom stereocenters. The maximum absolute atomic E-state index is 13.1. The first kappa shape index (κ1) is 30.3. The van der Waals surface area contributed by atoms with E-state index in [1.54, 1.807) is 64.8 Å². The molecule has 1 aliphatic carbocycles. The minimum atomic E-state index is -0.458. The summed E-state index contributed by atoms with van der Waals surface area (Å²) in [4.78, 5) is 27.5. The molecule has 0 heterocycles. The zero-order valence-corrected chi connectivity index (χ0v) is 24.7. The number of benzene rings is 2. The number of esters is 1. The van der Waals surface area contributed by atoms with Gasteiger partial charge in [-0.1, -0.05) is 17.9 Å². The van der Waals surface area contributed by atoms with Gasteiger partial charge in [0.15, 0.2) is 23.9 Å². The van der Waals surface area contributed by atoms with E-state index in [9.17, 15) is 9.59 Å². The molecule has 0 amide bonds. The third kappa shape index (κ3) is 6.29. The summed E-state index contributed by atoms with van der Waals surface area (Å²) in [6, 6.07) is 13.7. The quantitative estimate of drug-likeness (QED) is 0.270. The van der Waals surface area contributed by atoms with Crippen LogP contribution in [0.4, 0.5) is 0 Å². The summed E-state index contributed by atoms with van der Waals surface area (Å²) in [6.07, 6.45) is 1.40. The van der Waals surface area contributed by atoms with Gasteiger partial charge in [0.2, 0.25) is 11.2 Å². The lowest BCUT2D eigenvalue weighted by Gasteiger charge is -2.26. The molecule has 220 valence electrons. The highest BCUT2D eigenvalue weighted by Crippen LogP contribution is 2.50. The van der Waals surface area contributed by atoms with Crippen LogP contribution in [0.2, 0.25) is 0 Å². The molecular formula is C33H35NO8. The van der Waals surface area contributed by atoms with Crippen molar-refractivity contribution in [2.24, 2.45) is 0 Å². The van der Waals surface area contributed by atoms with Gasteiger partial charge < -0.3 is 28.4 Å².